The van der Waals surface area contributed by atoms with Crippen molar-refractivity contribution >= 4 is 74.7 Å². The van der Waals surface area contributed by atoms with Gasteiger partial charge in [0.2, 0.25) is 0 Å². The molecule has 11 aromatic rings. The summed E-state index contributed by atoms with van der Waals surface area (Å²) in [6.45, 7) is 0. The number of thiophene rings is 1. The fraction of sp³-hybridized carbons (Fsp3) is 0. The molecule has 246 valence electrons. The molecule has 3 aromatic heterocycles. The van der Waals surface area contributed by atoms with Gasteiger partial charge in [0.25, 0.3) is 0 Å². The van der Waals surface area contributed by atoms with Crippen molar-refractivity contribution in [1.82, 2.24) is 15.0 Å². The standard InChI is InChI=1S/C49H29N3S/c1-2-7-30(8-3-1)47-42-21-20-40-43-29-38(19-22-45(43)53-48(40)46(42)41-9-4-5-10-44(41)52-47)36-15-13-32-25-31(11-12-34(32)27-36)33-14-16-37-28-39(18-17-35(37)26-33)49-50-23-6-24-51-49/h1-29H. The summed E-state index contributed by atoms with van der Waals surface area (Å²) < 4.78 is 2.61. The van der Waals surface area contributed by atoms with Crippen LogP contribution in [0.3, 0.4) is 0 Å². The summed E-state index contributed by atoms with van der Waals surface area (Å²) in [4.78, 5) is 14.0. The van der Waals surface area contributed by atoms with Crippen LogP contribution in [0.15, 0.2) is 176 Å². The fourth-order valence-electron chi connectivity index (χ4n) is 7.88. The van der Waals surface area contributed by atoms with Crippen LogP contribution >= 0.6 is 11.3 Å². The molecule has 0 saturated heterocycles. The molecule has 0 amide bonds. The van der Waals surface area contributed by atoms with Gasteiger partial charge in [-0.2, -0.15) is 0 Å². The zero-order valence-electron chi connectivity index (χ0n) is 28.5. The molecule has 0 aliphatic heterocycles. The molecule has 11 rings (SSSR count). The summed E-state index contributed by atoms with van der Waals surface area (Å²) in [5.41, 5.74) is 9.08. The van der Waals surface area contributed by atoms with E-state index in [2.05, 4.69) is 168 Å². The molecule has 0 spiro atoms. The lowest BCUT2D eigenvalue weighted by Crippen LogP contribution is -1.89. The van der Waals surface area contributed by atoms with Crippen LogP contribution in [0.25, 0.3) is 108 Å². The lowest BCUT2D eigenvalue weighted by molar-refractivity contribution is 1.18. The summed E-state index contributed by atoms with van der Waals surface area (Å²) in [6.07, 6.45) is 3.56. The molecule has 4 heteroatoms. The third kappa shape index (κ3) is 4.99. The van der Waals surface area contributed by atoms with E-state index in [0.717, 1.165) is 28.2 Å². The monoisotopic (exact) mass is 691 g/mol. The maximum absolute atomic E-state index is 5.16. The Hall–Kier alpha value is -6.75. The summed E-state index contributed by atoms with van der Waals surface area (Å²) in [6, 6.07) is 59.2. The van der Waals surface area contributed by atoms with Gasteiger partial charge in [-0.25, -0.2) is 15.0 Å². The van der Waals surface area contributed by atoms with E-state index in [1.165, 1.54) is 80.1 Å². The van der Waals surface area contributed by atoms with Gasteiger partial charge in [0, 0.05) is 59.9 Å². The Morgan fingerprint density at radius 3 is 1.64 bits per heavy atom. The minimum absolute atomic E-state index is 0.744. The average Bonchev–Trinajstić information content (AvgIpc) is 3.61. The molecule has 0 fully saturated rings. The summed E-state index contributed by atoms with van der Waals surface area (Å²) in [5.74, 6) is 0.744. The maximum Gasteiger partial charge on any atom is 0.159 e. The van der Waals surface area contributed by atoms with E-state index in [-0.39, 0.29) is 0 Å². The Morgan fingerprint density at radius 2 is 0.943 bits per heavy atom. The first-order chi connectivity index (χ1) is 26.2. The number of hydrogen-bond acceptors (Lipinski definition) is 4. The van der Waals surface area contributed by atoms with Crippen molar-refractivity contribution in [2.45, 2.75) is 0 Å². The topological polar surface area (TPSA) is 38.7 Å². The Kier molecular flexibility index (Phi) is 6.73. The van der Waals surface area contributed by atoms with Crippen molar-refractivity contribution in [3.63, 3.8) is 0 Å². The van der Waals surface area contributed by atoms with Gasteiger partial charge >= 0.3 is 0 Å². The number of pyridine rings is 1. The highest BCUT2D eigenvalue weighted by Gasteiger charge is 2.17. The number of benzene rings is 8. The molecule has 53 heavy (non-hydrogen) atoms. The van der Waals surface area contributed by atoms with Crippen molar-refractivity contribution in [3.05, 3.63) is 176 Å². The van der Waals surface area contributed by atoms with Crippen LogP contribution < -0.4 is 0 Å². The van der Waals surface area contributed by atoms with Crippen LogP contribution in [-0.4, -0.2) is 15.0 Å². The van der Waals surface area contributed by atoms with Crippen LogP contribution in [0, 0.1) is 0 Å². The third-order valence-electron chi connectivity index (χ3n) is 10.5. The van der Waals surface area contributed by atoms with Gasteiger partial charge in [0.05, 0.1) is 11.2 Å². The van der Waals surface area contributed by atoms with Gasteiger partial charge in [0.1, 0.15) is 0 Å². The molecule has 0 N–H and O–H groups in total. The van der Waals surface area contributed by atoms with E-state index in [1.54, 1.807) is 12.4 Å². The van der Waals surface area contributed by atoms with E-state index in [9.17, 15) is 0 Å². The quantitative estimate of drug-likeness (QED) is 0.172. The molecule has 0 unspecified atom stereocenters. The normalized spacial score (nSPS) is 11.8. The third-order valence-corrected chi connectivity index (χ3v) is 11.7. The van der Waals surface area contributed by atoms with E-state index < -0.39 is 0 Å². The highest BCUT2D eigenvalue weighted by Crippen LogP contribution is 2.44. The molecule has 0 radical (unpaired) electrons. The van der Waals surface area contributed by atoms with Crippen LogP contribution in [0.2, 0.25) is 0 Å². The highest BCUT2D eigenvalue weighted by molar-refractivity contribution is 7.26. The van der Waals surface area contributed by atoms with Gasteiger partial charge < -0.3 is 0 Å². The van der Waals surface area contributed by atoms with Gasteiger partial charge in [-0.1, -0.05) is 115 Å². The van der Waals surface area contributed by atoms with E-state index in [1.807, 2.05) is 17.4 Å². The lowest BCUT2D eigenvalue weighted by atomic mass is 9.95. The predicted octanol–water partition coefficient (Wildman–Crippen LogP) is 13.5. The molecule has 3 nitrogen and oxygen atoms in total. The largest absolute Gasteiger partial charge is 0.247 e. The van der Waals surface area contributed by atoms with E-state index >= 15 is 0 Å². The smallest absolute Gasteiger partial charge is 0.159 e. The minimum atomic E-state index is 0.744. The van der Waals surface area contributed by atoms with Crippen molar-refractivity contribution in [2.24, 2.45) is 0 Å². The highest BCUT2D eigenvalue weighted by atomic mass is 32.1. The van der Waals surface area contributed by atoms with Crippen LogP contribution in [0.4, 0.5) is 0 Å². The predicted molar refractivity (Wildman–Crippen MR) is 224 cm³/mol. The first kappa shape index (κ1) is 29.9. The maximum atomic E-state index is 5.16. The van der Waals surface area contributed by atoms with Crippen molar-refractivity contribution in [1.29, 1.82) is 0 Å². The second-order valence-electron chi connectivity index (χ2n) is 13.6. The Bertz CT molecular complexity index is 3220. The van der Waals surface area contributed by atoms with E-state index in [4.69, 9.17) is 4.98 Å². The zero-order valence-corrected chi connectivity index (χ0v) is 29.3. The van der Waals surface area contributed by atoms with Gasteiger partial charge in [0.15, 0.2) is 5.82 Å². The number of nitrogens with zero attached hydrogens (tertiary/aromatic N) is 3. The molecule has 0 aliphatic carbocycles. The SMILES string of the molecule is c1ccc(-c2nc3ccccc3c3c2ccc2c4cc(-c5ccc6cc(-c7ccc8cc(-c9ncccn9)ccc8c7)ccc6c5)ccc4sc23)cc1. The molecule has 8 aromatic carbocycles. The first-order valence-corrected chi connectivity index (χ1v) is 18.6. The number of aromatic nitrogens is 3. The second kappa shape index (κ2) is 11.9. The van der Waals surface area contributed by atoms with Crippen molar-refractivity contribution in [2.75, 3.05) is 0 Å². The van der Waals surface area contributed by atoms with Gasteiger partial charge in [-0.15, -0.1) is 11.3 Å². The lowest BCUT2D eigenvalue weighted by Gasteiger charge is -2.11. The average molecular weight is 692 g/mol. The molecule has 0 atom stereocenters. The number of rotatable bonds is 4. The van der Waals surface area contributed by atoms with E-state index in [0.29, 0.717) is 0 Å². The molecule has 3 heterocycles. The van der Waals surface area contributed by atoms with Gasteiger partial charge in [-0.05, 0) is 92.3 Å². The Morgan fingerprint density at radius 1 is 0.377 bits per heavy atom. The zero-order chi connectivity index (χ0) is 34.9. The molecule has 0 aliphatic rings. The van der Waals surface area contributed by atoms with Crippen molar-refractivity contribution < 1.29 is 0 Å². The molecule has 0 bridgehead atoms. The number of hydrogen-bond donors (Lipinski definition) is 0. The minimum Gasteiger partial charge on any atom is -0.247 e. The van der Waals surface area contributed by atoms with Crippen LogP contribution in [-0.2, 0) is 0 Å². The summed E-state index contributed by atoms with van der Waals surface area (Å²) in [5, 5.41) is 11.1. The van der Waals surface area contributed by atoms with Gasteiger partial charge in [-0.3, -0.25) is 0 Å². The summed E-state index contributed by atoms with van der Waals surface area (Å²) in [7, 11) is 0. The Labute approximate surface area is 309 Å². The fourth-order valence-corrected chi connectivity index (χ4v) is 9.13. The molecular formula is C49H29N3S. The molecule has 0 saturated carbocycles. The number of para-hydroxylation sites is 1. The second-order valence-corrected chi connectivity index (χ2v) is 14.7. The van der Waals surface area contributed by atoms with Crippen LogP contribution in [0.5, 0.6) is 0 Å². The molecular weight excluding hydrogens is 663 g/mol. The first-order valence-electron chi connectivity index (χ1n) is 17.8. The van der Waals surface area contributed by atoms with Crippen molar-refractivity contribution in [3.8, 4) is 44.9 Å². The summed E-state index contributed by atoms with van der Waals surface area (Å²) >= 11 is 1.88. The van der Waals surface area contributed by atoms with Crippen LogP contribution in [0.1, 0.15) is 0 Å². The number of fused-ring (bicyclic) bond motifs is 9. The Balaban J connectivity index is 0.972.